The molecule has 0 saturated heterocycles. The van der Waals surface area contributed by atoms with Gasteiger partial charge < -0.3 is 0 Å². The van der Waals surface area contributed by atoms with Gasteiger partial charge in [-0.2, -0.15) is 8.42 Å². The van der Waals surface area contributed by atoms with Crippen LogP contribution in [0.1, 0.15) is 55.7 Å². The molecule has 0 saturated carbocycles. The maximum absolute atomic E-state index is 12.4. The van der Waals surface area contributed by atoms with Gasteiger partial charge in [-0.05, 0) is 54.9 Å². The Hall–Kier alpha value is -2.14. The molecule has 0 aromatic heterocycles. The van der Waals surface area contributed by atoms with Crippen LogP contribution >= 0.6 is 0 Å². The second-order valence-electron chi connectivity index (χ2n) is 6.46. The average Bonchev–Trinajstić information content (AvgIpc) is 2.66. The molecule has 0 fully saturated rings. The van der Waals surface area contributed by atoms with E-state index in [9.17, 15) is 8.42 Å². The summed E-state index contributed by atoms with van der Waals surface area (Å²) in [5, 5.41) is 3.97. The van der Waals surface area contributed by atoms with Crippen molar-refractivity contribution in [1.82, 2.24) is 0 Å². The second-order valence-corrected chi connectivity index (χ2v) is 7.98. The Morgan fingerprint density at radius 1 is 1.08 bits per heavy atom. The summed E-state index contributed by atoms with van der Waals surface area (Å²) in [5.41, 5.74) is 3.98. The van der Waals surface area contributed by atoms with Crippen molar-refractivity contribution in [2.75, 3.05) is 0 Å². The third-order valence-electron chi connectivity index (χ3n) is 4.78. The smallest absolute Gasteiger partial charge is 0.264 e. The molecule has 0 amide bonds. The first-order valence-electron chi connectivity index (χ1n) is 8.70. The topological polar surface area (TPSA) is 55.7 Å². The Kier molecular flexibility index (Phi) is 5.23. The number of fused-ring (bicyclic) bond motifs is 1. The summed E-state index contributed by atoms with van der Waals surface area (Å²) in [6, 6.07) is 14.8. The minimum absolute atomic E-state index is 0.132. The summed E-state index contributed by atoms with van der Waals surface area (Å²) in [4.78, 5) is 0.132. The van der Waals surface area contributed by atoms with E-state index in [2.05, 4.69) is 19.0 Å². The Morgan fingerprint density at radius 2 is 1.80 bits per heavy atom. The van der Waals surface area contributed by atoms with Gasteiger partial charge in [0.2, 0.25) is 0 Å². The number of benzene rings is 2. The van der Waals surface area contributed by atoms with E-state index >= 15 is 0 Å². The molecule has 4 nitrogen and oxygen atoms in total. The van der Waals surface area contributed by atoms with Crippen LogP contribution in [-0.2, 0) is 20.8 Å². The normalized spacial score (nSPS) is 17.1. The molecule has 1 unspecified atom stereocenters. The first-order chi connectivity index (χ1) is 12.0. The summed E-state index contributed by atoms with van der Waals surface area (Å²) in [6.45, 7) is 4.23. The van der Waals surface area contributed by atoms with E-state index in [0.29, 0.717) is 11.6 Å². The summed E-state index contributed by atoms with van der Waals surface area (Å²) >= 11 is 0. The Labute approximate surface area is 149 Å². The van der Waals surface area contributed by atoms with Crippen molar-refractivity contribution in [2.24, 2.45) is 5.16 Å². The van der Waals surface area contributed by atoms with Gasteiger partial charge in [-0.15, -0.1) is 0 Å². The summed E-state index contributed by atoms with van der Waals surface area (Å²) in [5.74, 6) is 0.400. The van der Waals surface area contributed by atoms with Gasteiger partial charge in [0.1, 0.15) is 4.90 Å². The van der Waals surface area contributed by atoms with Crippen molar-refractivity contribution in [3.63, 3.8) is 0 Å². The molecule has 1 aliphatic rings. The van der Waals surface area contributed by atoms with Crippen molar-refractivity contribution >= 4 is 15.8 Å². The maximum Gasteiger partial charge on any atom is 0.358 e. The number of rotatable bonds is 5. The summed E-state index contributed by atoms with van der Waals surface area (Å²) in [7, 11) is -3.90. The molecular formula is C20H23NO3S. The van der Waals surface area contributed by atoms with Gasteiger partial charge in [-0.1, -0.05) is 55.4 Å². The molecule has 0 heterocycles. The zero-order valence-electron chi connectivity index (χ0n) is 14.6. The maximum atomic E-state index is 12.4. The monoisotopic (exact) mass is 357 g/mol. The van der Waals surface area contributed by atoms with Crippen LogP contribution in [0.25, 0.3) is 0 Å². The lowest BCUT2D eigenvalue weighted by Gasteiger charge is -2.16. The second kappa shape index (κ2) is 7.40. The van der Waals surface area contributed by atoms with Gasteiger partial charge in [0.05, 0.1) is 5.71 Å². The number of aryl methyl sites for hydroxylation is 1. The fourth-order valence-electron chi connectivity index (χ4n) is 3.03. The van der Waals surface area contributed by atoms with Crippen LogP contribution in [-0.4, -0.2) is 14.1 Å². The van der Waals surface area contributed by atoms with E-state index in [1.54, 1.807) is 12.1 Å². The third kappa shape index (κ3) is 3.93. The molecule has 1 atom stereocenters. The zero-order chi connectivity index (χ0) is 17.9. The highest BCUT2D eigenvalue weighted by molar-refractivity contribution is 7.86. The van der Waals surface area contributed by atoms with Crippen molar-refractivity contribution in [1.29, 1.82) is 0 Å². The molecule has 1 aliphatic carbocycles. The van der Waals surface area contributed by atoms with Crippen molar-refractivity contribution in [3.05, 3.63) is 65.2 Å². The highest BCUT2D eigenvalue weighted by atomic mass is 32.2. The predicted octanol–water partition coefficient (Wildman–Crippen LogP) is 4.65. The molecule has 25 heavy (non-hydrogen) atoms. The van der Waals surface area contributed by atoms with Crippen LogP contribution in [0.2, 0.25) is 0 Å². The van der Waals surface area contributed by atoms with Gasteiger partial charge >= 0.3 is 10.1 Å². The van der Waals surface area contributed by atoms with Crippen LogP contribution in [0.15, 0.2) is 58.6 Å². The fourth-order valence-corrected chi connectivity index (χ4v) is 3.78. The number of hydrogen-bond donors (Lipinski definition) is 0. The van der Waals surface area contributed by atoms with Gasteiger partial charge in [-0.3, -0.25) is 4.28 Å². The first-order valence-corrected chi connectivity index (χ1v) is 10.1. The largest absolute Gasteiger partial charge is 0.358 e. The van der Waals surface area contributed by atoms with Crippen LogP contribution in [0.5, 0.6) is 0 Å². The third-order valence-corrected chi connectivity index (χ3v) is 5.90. The molecule has 0 aliphatic heterocycles. The zero-order valence-corrected chi connectivity index (χ0v) is 15.4. The van der Waals surface area contributed by atoms with Crippen molar-refractivity contribution in [2.45, 2.75) is 50.3 Å². The quantitative estimate of drug-likeness (QED) is 0.732. The minimum Gasteiger partial charge on any atom is -0.264 e. The molecule has 5 heteroatoms. The van der Waals surface area contributed by atoms with E-state index in [1.807, 2.05) is 36.4 Å². The SMILES string of the molecule is CCC(C)c1ccc(S(=O)(=O)O/N=C2/CCCc3ccccc32)cc1. The number of oxime groups is 1. The molecule has 0 radical (unpaired) electrons. The molecule has 3 rings (SSSR count). The van der Waals surface area contributed by atoms with Gasteiger partial charge in [-0.25, -0.2) is 0 Å². The van der Waals surface area contributed by atoms with Crippen LogP contribution in [0.4, 0.5) is 0 Å². The molecule has 0 N–H and O–H groups in total. The molecular weight excluding hydrogens is 334 g/mol. The number of hydrogen-bond acceptors (Lipinski definition) is 4. The molecule has 2 aromatic carbocycles. The molecule has 132 valence electrons. The Bertz CT molecular complexity index is 870. The Morgan fingerprint density at radius 3 is 2.52 bits per heavy atom. The van der Waals surface area contributed by atoms with E-state index in [0.717, 1.165) is 36.8 Å². The van der Waals surface area contributed by atoms with Gasteiger partial charge in [0.15, 0.2) is 0 Å². The summed E-state index contributed by atoms with van der Waals surface area (Å²) < 4.78 is 29.8. The molecule has 0 spiro atoms. The van der Waals surface area contributed by atoms with Crippen molar-refractivity contribution in [3.8, 4) is 0 Å². The Balaban J connectivity index is 1.81. The average molecular weight is 357 g/mol. The molecule has 0 bridgehead atoms. The van der Waals surface area contributed by atoms with Crippen LogP contribution in [0, 0.1) is 0 Å². The fraction of sp³-hybridized carbons (Fsp3) is 0.350. The lowest BCUT2D eigenvalue weighted by Crippen LogP contribution is -2.13. The number of nitrogens with zero attached hydrogens (tertiary/aromatic N) is 1. The van der Waals surface area contributed by atoms with Crippen LogP contribution < -0.4 is 0 Å². The van der Waals surface area contributed by atoms with E-state index < -0.39 is 10.1 Å². The highest BCUT2D eigenvalue weighted by Gasteiger charge is 2.19. The van der Waals surface area contributed by atoms with Crippen LogP contribution in [0.3, 0.4) is 0 Å². The highest BCUT2D eigenvalue weighted by Crippen LogP contribution is 2.24. The van der Waals surface area contributed by atoms with Gasteiger partial charge in [0, 0.05) is 5.56 Å². The molecule has 2 aromatic rings. The lowest BCUT2D eigenvalue weighted by atomic mass is 9.90. The first kappa shape index (κ1) is 17.7. The standard InChI is InChI=1S/C20H23NO3S/c1-3-15(2)16-11-13-18(14-12-16)25(22,23)24-21-20-10-6-8-17-7-4-5-9-19(17)20/h4-5,7,9,11-15H,3,6,8,10H2,1-2H3/b21-20-. The lowest BCUT2D eigenvalue weighted by molar-refractivity contribution is 0.337. The van der Waals surface area contributed by atoms with E-state index in [4.69, 9.17) is 4.28 Å². The van der Waals surface area contributed by atoms with E-state index in [-0.39, 0.29) is 4.90 Å². The predicted molar refractivity (Wildman–Crippen MR) is 99.3 cm³/mol. The van der Waals surface area contributed by atoms with Crippen molar-refractivity contribution < 1.29 is 12.7 Å². The minimum atomic E-state index is -3.90. The van der Waals surface area contributed by atoms with Gasteiger partial charge in [0.25, 0.3) is 0 Å². The van der Waals surface area contributed by atoms with E-state index in [1.165, 1.54) is 5.56 Å². The summed E-state index contributed by atoms with van der Waals surface area (Å²) in [6.07, 6.45) is 3.66.